The molecule has 0 bridgehead atoms. The van der Waals surface area contributed by atoms with Crippen molar-refractivity contribution in [3.8, 4) is 22.5 Å². The molecule has 8 heteroatoms. The van der Waals surface area contributed by atoms with Crippen molar-refractivity contribution in [2.24, 2.45) is 7.05 Å². The smallest absolute Gasteiger partial charge is 0.364 e. The van der Waals surface area contributed by atoms with E-state index in [4.69, 9.17) is 0 Å². The fourth-order valence-electron chi connectivity index (χ4n) is 3.80. The summed E-state index contributed by atoms with van der Waals surface area (Å²) in [6.45, 7) is 2.04. The maximum atomic E-state index is 13.3. The van der Waals surface area contributed by atoms with Crippen LogP contribution in [-0.4, -0.2) is 21.6 Å². The van der Waals surface area contributed by atoms with E-state index < -0.39 is 11.7 Å². The van der Waals surface area contributed by atoms with Gasteiger partial charge in [0.1, 0.15) is 5.82 Å². The Labute approximate surface area is 190 Å². The van der Waals surface area contributed by atoms with Crippen LogP contribution in [0.1, 0.15) is 24.1 Å². The Bertz CT molecular complexity index is 1250. The molecule has 0 radical (unpaired) electrons. The second-order valence-electron chi connectivity index (χ2n) is 7.73. The van der Waals surface area contributed by atoms with Crippen molar-refractivity contribution in [1.82, 2.24) is 14.5 Å². The lowest BCUT2D eigenvalue weighted by Crippen LogP contribution is -2.07. The number of nitrogens with one attached hydrogen (secondary N) is 2. The summed E-state index contributed by atoms with van der Waals surface area (Å²) in [6, 6.07) is 19.0. The Morgan fingerprint density at radius 2 is 1.70 bits per heavy atom. The number of rotatable bonds is 6. The van der Waals surface area contributed by atoms with Gasteiger partial charge < -0.3 is 15.2 Å². The summed E-state index contributed by atoms with van der Waals surface area (Å²) < 4.78 is 41.8. The number of imidazole rings is 1. The van der Waals surface area contributed by atoms with Crippen molar-refractivity contribution in [1.29, 1.82) is 0 Å². The van der Waals surface area contributed by atoms with E-state index in [9.17, 15) is 13.2 Å². The Morgan fingerprint density at radius 3 is 2.39 bits per heavy atom. The highest BCUT2D eigenvalue weighted by Crippen LogP contribution is 2.37. The monoisotopic (exact) mass is 451 g/mol. The average molecular weight is 451 g/mol. The zero-order valence-electron chi connectivity index (χ0n) is 18.5. The van der Waals surface area contributed by atoms with Crippen molar-refractivity contribution in [3.63, 3.8) is 0 Å². The van der Waals surface area contributed by atoms with Crippen LogP contribution in [0.3, 0.4) is 0 Å². The first-order valence-electron chi connectivity index (χ1n) is 10.5. The second kappa shape index (κ2) is 8.97. The molecule has 0 fully saturated rings. The molecule has 2 aromatic heterocycles. The summed E-state index contributed by atoms with van der Waals surface area (Å²) in [4.78, 5) is 9.08. The first kappa shape index (κ1) is 22.4. The Kier molecular flexibility index (Phi) is 6.09. The van der Waals surface area contributed by atoms with Gasteiger partial charge in [0.2, 0.25) is 5.95 Å². The van der Waals surface area contributed by atoms with Crippen LogP contribution in [0, 0.1) is 0 Å². The fraction of sp³-hybridized carbons (Fsp3) is 0.200. The third-order valence-electron chi connectivity index (χ3n) is 5.48. The summed E-state index contributed by atoms with van der Waals surface area (Å²) in [5.74, 6) is 1.19. The van der Waals surface area contributed by atoms with Crippen molar-refractivity contribution < 1.29 is 13.2 Å². The van der Waals surface area contributed by atoms with Crippen LogP contribution in [-0.2, 0) is 13.2 Å². The van der Waals surface area contributed by atoms with E-state index in [0.717, 1.165) is 23.3 Å². The first-order valence-corrected chi connectivity index (χ1v) is 10.5. The van der Waals surface area contributed by atoms with Crippen molar-refractivity contribution >= 4 is 11.8 Å². The number of aromatic nitrogens is 3. The third-order valence-corrected chi connectivity index (χ3v) is 5.48. The highest BCUT2D eigenvalue weighted by Gasteiger charge is 2.31. The molecule has 0 aliphatic rings. The van der Waals surface area contributed by atoms with Gasteiger partial charge >= 0.3 is 6.18 Å². The minimum absolute atomic E-state index is 0.0217. The van der Waals surface area contributed by atoms with Crippen LogP contribution in [0.2, 0.25) is 0 Å². The number of anilines is 2. The van der Waals surface area contributed by atoms with E-state index >= 15 is 0 Å². The summed E-state index contributed by atoms with van der Waals surface area (Å²) in [5.41, 5.74) is 2.74. The van der Waals surface area contributed by atoms with Gasteiger partial charge in [-0.3, -0.25) is 0 Å². The third kappa shape index (κ3) is 4.69. The summed E-state index contributed by atoms with van der Waals surface area (Å²) >= 11 is 0. The predicted octanol–water partition coefficient (Wildman–Crippen LogP) is 6.38. The van der Waals surface area contributed by atoms with Crippen LogP contribution in [0.5, 0.6) is 0 Å². The standard InChI is InChI=1S/C25H24F3N5/c1-16(17-8-5-4-6-9-17)31-21-15-18(12-13-30-21)22-23(33(3)24(29-2)32-22)19-10-7-11-20(14-19)25(26,27)28/h4-16H,1-3H3,(H,29,32)(H,30,31)/t16-/m1/s1. The van der Waals surface area contributed by atoms with Gasteiger partial charge in [-0.2, -0.15) is 13.2 Å². The van der Waals surface area contributed by atoms with Crippen LogP contribution in [0.25, 0.3) is 22.5 Å². The molecule has 0 saturated carbocycles. The van der Waals surface area contributed by atoms with Gasteiger partial charge in [0.25, 0.3) is 0 Å². The quantitative estimate of drug-likeness (QED) is 0.357. The maximum absolute atomic E-state index is 13.3. The highest BCUT2D eigenvalue weighted by atomic mass is 19.4. The molecule has 0 aliphatic heterocycles. The molecule has 2 aromatic carbocycles. The Balaban J connectivity index is 1.75. The topological polar surface area (TPSA) is 54.8 Å². The number of hydrogen-bond donors (Lipinski definition) is 2. The lowest BCUT2D eigenvalue weighted by Gasteiger charge is -2.15. The van der Waals surface area contributed by atoms with E-state index in [-0.39, 0.29) is 6.04 Å². The molecule has 0 aliphatic carbocycles. The molecule has 2 N–H and O–H groups in total. The van der Waals surface area contributed by atoms with Gasteiger partial charge in [-0.25, -0.2) is 9.97 Å². The molecule has 5 nitrogen and oxygen atoms in total. The molecule has 4 rings (SSSR count). The number of benzene rings is 2. The molecule has 0 spiro atoms. The molecule has 2 heterocycles. The van der Waals surface area contributed by atoms with E-state index in [1.54, 1.807) is 37.0 Å². The van der Waals surface area contributed by atoms with Gasteiger partial charge in [-0.05, 0) is 36.8 Å². The lowest BCUT2D eigenvalue weighted by atomic mass is 10.0. The predicted molar refractivity (Wildman–Crippen MR) is 125 cm³/mol. The number of hydrogen-bond acceptors (Lipinski definition) is 4. The molecule has 4 aromatic rings. The normalized spacial score (nSPS) is 12.4. The van der Waals surface area contributed by atoms with E-state index in [0.29, 0.717) is 28.7 Å². The largest absolute Gasteiger partial charge is 0.416 e. The van der Waals surface area contributed by atoms with Crippen molar-refractivity contribution in [2.75, 3.05) is 17.7 Å². The van der Waals surface area contributed by atoms with Gasteiger partial charge in [-0.15, -0.1) is 0 Å². The number of halogens is 3. The maximum Gasteiger partial charge on any atom is 0.416 e. The van der Waals surface area contributed by atoms with E-state index in [2.05, 4.69) is 20.6 Å². The van der Waals surface area contributed by atoms with Gasteiger partial charge in [0.05, 0.1) is 17.0 Å². The molecular weight excluding hydrogens is 427 g/mol. The second-order valence-corrected chi connectivity index (χ2v) is 7.73. The minimum Gasteiger partial charge on any atom is -0.364 e. The van der Waals surface area contributed by atoms with Crippen molar-refractivity contribution in [3.05, 3.63) is 84.1 Å². The summed E-state index contributed by atoms with van der Waals surface area (Å²) in [5, 5.41) is 6.39. The molecule has 170 valence electrons. The minimum atomic E-state index is -4.43. The number of pyridine rings is 1. The zero-order chi connectivity index (χ0) is 23.6. The molecular formula is C25H24F3N5. The average Bonchev–Trinajstić information content (AvgIpc) is 3.15. The highest BCUT2D eigenvalue weighted by molar-refractivity contribution is 5.82. The molecule has 0 saturated heterocycles. The molecule has 1 atom stereocenters. The Morgan fingerprint density at radius 1 is 0.939 bits per heavy atom. The zero-order valence-corrected chi connectivity index (χ0v) is 18.5. The van der Waals surface area contributed by atoms with Gasteiger partial charge in [0.15, 0.2) is 0 Å². The van der Waals surface area contributed by atoms with Crippen LogP contribution in [0.4, 0.5) is 24.9 Å². The number of nitrogens with zero attached hydrogens (tertiary/aromatic N) is 3. The van der Waals surface area contributed by atoms with E-state index in [1.165, 1.54) is 6.07 Å². The van der Waals surface area contributed by atoms with Gasteiger partial charge in [0, 0.05) is 37.5 Å². The summed E-state index contributed by atoms with van der Waals surface area (Å²) in [7, 11) is 3.50. The van der Waals surface area contributed by atoms with Crippen LogP contribution < -0.4 is 10.6 Å². The Hall–Kier alpha value is -3.81. The number of alkyl halides is 3. The van der Waals surface area contributed by atoms with E-state index in [1.807, 2.05) is 43.3 Å². The van der Waals surface area contributed by atoms with Gasteiger partial charge in [-0.1, -0.05) is 42.5 Å². The lowest BCUT2D eigenvalue weighted by molar-refractivity contribution is -0.137. The fourth-order valence-corrected chi connectivity index (χ4v) is 3.80. The first-order chi connectivity index (χ1) is 15.8. The molecule has 0 unspecified atom stereocenters. The summed E-state index contributed by atoms with van der Waals surface area (Å²) in [6.07, 6.45) is -2.76. The van der Waals surface area contributed by atoms with Crippen LogP contribution >= 0.6 is 0 Å². The van der Waals surface area contributed by atoms with Crippen LogP contribution in [0.15, 0.2) is 72.9 Å². The molecule has 33 heavy (non-hydrogen) atoms. The SMILES string of the molecule is CNc1nc(-c2ccnc(N[C@H](C)c3ccccc3)c2)c(-c2cccc(C(F)(F)F)c2)n1C. The molecule has 0 amide bonds. The van der Waals surface area contributed by atoms with Crippen molar-refractivity contribution in [2.45, 2.75) is 19.1 Å².